The maximum absolute atomic E-state index is 13.5. The SMILES string of the molecule is C[C@@H](O)[C@H]1C(=O)N2C(C(=O)OCc3ccc([N+](=O)[O-])cc3)=C(SC3CN(c4nc(C(=O)N(C)CC(=O)OCc5ccc([N+](=O)[O-])cc5)cs4)C3)[C@H](C)[C@H]12. The molecule has 278 valence electrons. The van der Waals surface area contributed by atoms with Gasteiger partial charge in [0, 0.05) is 65.9 Å². The van der Waals surface area contributed by atoms with Crippen LogP contribution in [0.25, 0.3) is 0 Å². The van der Waals surface area contributed by atoms with Gasteiger partial charge in [-0.25, -0.2) is 9.78 Å². The number of aliphatic hydroxyl groups is 1. The van der Waals surface area contributed by atoms with E-state index in [9.17, 15) is 44.5 Å². The van der Waals surface area contributed by atoms with Gasteiger partial charge in [0.05, 0.1) is 27.9 Å². The molecule has 0 saturated carbocycles. The van der Waals surface area contributed by atoms with Crippen LogP contribution in [0.4, 0.5) is 16.5 Å². The Morgan fingerprint density at radius 1 is 1.02 bits per heavy atom. The average Bonchev–Trinajstić information content (AvgIpc) is 3.68. The Kier molecular flexibility index (Phi) is 10.8. The van der Waals surface area contributed by atoms with Crippen LogP contribution in [0, 0.1) is 32.1 Å². The number of likely N-dealkylation sites (N-methyl/N-ethyl adjacent to an activating group) is 1. The highest BCUT2D eigenvalue weighted by Crippen LogP contribution is 2.52. The molecule has 2 amide bonds. The van der Waals surface area contributed by atoms with Crippen molar-refractivity contribution in [3.05, 3.63) is 102 Å². The number of thioether (sulfide) groups is 1. The van der Waals surface area contributed by atoms with E-state index in [4.69, 9.17) is 9.47 Å². The lowest BCUT2D eigenvalue weighted by molar-refractivity contribution is -0.385. The summed E-state index contributed by atoms with van der Waals surface area (Å²) in [5, 5.41) is 34.3. The Morgan fingerprint density at radius 2 is 1.58 bits per heavy atom. The van der Waals surface area contributed by atoms with Crippen molar-refractivity contribution in [3.63, 3.8) is 0 Å². The Bertz CT molecular complexity index is 1980. The summed E-state index contributed by atoms with van der Waals surface area (Å²) in [4.78, 5) is 82.5. The minimum atomic E-state index is -0.902. The van der Waals surface area contributed by atoms with E-state index < -0.39 is 45.8 Å². The number of hydrogen-bond acceptors (Lipinski definition) is 15. The van der Waals surface area contributed by atoms with Crippen molar-refractivity contribution < 1.29 is 43.6 Å². The highest BCUT2D eigenvalue weighted by molar-refractivity contribution is 8.03. The minimum absolute atomic E-state index is 0.0139. The van der Waals surface area contributed by atoms with Crippen molar-refractivity contribution in [1.29, 1.82) is 0 Å². The van der Waals surface area contributed by atoms with E-state index in [1.165, 1.54) is 88.5 Å². The topological polar surface area (TPSA) is 216 Å². The molecule has 3 aliphatic heterocycles. The number of rotatable bonds is 14. The van der Waals surface area contributed by atoms with Gasteiger partial charge in [0.25, 0.3) is 17.3 Å². The maximum atomic E-state index is 13.5. The van der Waals surface area contributed by atoms with E-state index in [1.54, 1.807) is 12.3 Å². The Morgan fingerprint density at radius 3 is 2.13 bits per heavy atom. The van der Waals surface area contributed by atoms with Gasteiger partial charge in [0.1, 0.15) is 31.1 Å². The number of ether oxygens (including phenoxy) is 2. The second kappa shape index (κ2) is 15.3. The molecule has 0 bridgehead atoms. The number of thiazole rings is 1. The number of esters is 2. The molecule has 1 N–H and O–H groups in total. The number of anilines is 1. The van der Waals surface area contributed by atoms with E-state index in [0.29, 0.717) is 34.3 Å². The maximum Gasteiger partial charge on any atom is 0.356 e. The molecular formula is C34H34N6O11S2. The quantitative estimate of drug-likeness (QED) is 0.108. The first kappa shape index (κ1) is 37.4. The Labute approximate surface area is 310 Å². The zero-order valence-corrected chi connectivity index (χ0v) is 30.3. The molecule has 6 rings (SSSR count). The van der Waals surface area contributed by atoms with Crippen LogP contribution >= 0.6 is 23.1 Å². The van der Waals surface area contributed by atoms with Gasteiger partial charge in [-0.3, -0.25) is 34.6 Å². The molecule has 0 radical (unpaired) electrons. The molecule has 2 aromatic carbocycles. The number of aliphatic hydroxyl groups excluding tert-OH is 1. The summed E-state index contributed by atoms with van der Waals surface area (Å²) in [5.74, 6) is -3.08. The van der Waals surface area contributed by atoms with Gasteiger partial charge in [-0.15, -0.1) is 23.1 Å². The number of nitro benzene ring substituents is 2. The van der Waals surface area contributed by atoms with E-state index in [1.807, 2.05) is 11.8 Å². The molecule has 0 aliphatic carbocycles. The minimum Gasteiger partial charge on any atom is -0.459 e. The van der Waals surface area contributed by atoms with Gasteiger partial charge in [-0.1, -0.05) is 6.92 Å². The number of β-lactam (4-membered cyclic amide) rings is 1. The second-order valence-electron chi connectivity index (χ2n) is 12.9. The van der Waals surface area contributed by atoms with Gasteiger partial charge in [0.2, 0.25) is 5.91 Å². The molecule has 4 heterocycles. The lowest BCUT2D eigenvalue weighted by Gasteiger charge is -2.46. The van der Waals surface area contributed by atoms with Gasteiger partial charge in [-0.2, -0.15) is 0 Å². The van der Waals surface area contributed by atoms with Gasteiger partial charge >= 0.3 is 11.9 Å². The standard InChI is InChI=1S/C34H34N6O11S2/c1-18-28-27(19(2)41)32(44)38(28)29(33(45)51-16-21-6-10-23(11-7-21)40(48)49)30(18)53-24-12-37(13-24)34-35-25(17-52-34)31(43)36(3)14-26(42)50-15-20-4-8-22(9-5-20)39(46)47/h4-11,17-19,24,27-28,41H,12-16H2,1-3H3/t18-,19-,27-,28-/m1/s1. The number of hydrogen-bond donors (Lipinski definition) is 1. The summed E-state index contributed by atoms with van der Waals surface area (Å²) >= 11 is 2.73. The summed E-state index contributed by atoms with van der Waals surface area (Å²) in [6, 6.07) is 10.8. The van der Waals surface area contributed by atoms with Crippen molar-refractivity contribution in [2.75, 3.05) is 31.6 Å². The van der Waals surface area contributed by atoms with Gasteiger partial charge in [-0.05, 0) is 42.3 Å². The Hall–Kier alpha value is -5.40. The van der Waals surface area contributed by atoms with Crippen molar-refractivity contribution in [1.82, 2.24) is 14.8 Å². The third-order valence-electron chi connectivity index (χ3n) is 9.20. The van der Waals surface area contributed by atoms with Crippen molar-refractivity contribution in [2.24, 2.45) is 11.8 Å². The van der Waals surface area contributed by atoms with Crippen LogP contribution in [0.5, 0.6) is 0 Å². The highest BCUT2D eigenvalue weighted by atomic mass is 32.2. The summed E-state index contributed by atoms with van der Waals surface area (Å²) in [6.45, 7) is 3.95. The predicted octanol–water partition coefficient (Wildman–Crippen LogP) is 3.51. The third kappa shape index (κ3) is 7.72. The molecular weight excluding hydrogens is 733 g/mol. The highest BCUT2D eigenvalue weighted by Gasteiger charge is 2.60. The van der Waals surface area contributed by atoms with E-state index in [0.717, 1.165) is 0 Å². The number of nitro groups is 2. The van der Waals surface area contributed by atoms with Crippen LogP contribution in [0.1, 0.15) is 35.5 Å². The number of nitrogens with zero attached hydrogens (tertiary/aromatic N) is 6. The first-order valence-electron chi connectivity index (χ1n) is 16.4. The lowest BCUT2D eigenvalue weighted by Crippen LogP contribution is -2.63. The van der Waals surface area contributed by atoms with E-state index >= 15 is 0 Å². The van der Waals surface area contributed by atoms with Crippen LogP contribution < -0.4 is 4.90 Å². The van der Waals surface area contributed by atoms with Crippen LogP contribution in [0.3, 0.4) is 0 Å². The van der Waals surface area contributed by atoms with Gasteiger partial charge in [0.15, 0.2) is 5.13 Å². The fourth-order valence-corrected chi connectivity index (χ4v) is 8.68. The number of carbonyl (C=O) groups is 4. The summed E-state index contributed by atoms with van der Waals surface area (Å²) < 4.78 is 10.8. The molecule has 53 heavy (non-hydrogen) atoms. The number of fused-ring (bicyclic) bond motifs is 1. The second-order valence-corrected chi connectivity index (χ2v) is 15.1. The molecule has 4 atom stereocenters. The molecule has 0 spiro atoms. The van der Waals surface area contributed by atoms with E-state index in [2.05, 4.69) is 4.98 Å². The number of amides is 2. The third-order valence-corrected chi connectivity index (χ3v) is 11.6. The van der Waals surface area contributed by atoms with Gasteiger partial charge < -0.3 is 29.3 Å². The Balaban J connectivity index is 1.04. The van der Waals surface area contributed by atoms with Crippen LogP contribution in [-0.2, 0) is 37.1 Å². The zero-order valence-electron chi connectivity index (χ0n) is 28.6. The van der Waals surface area contributed by atoms with Crippen molar-refractivity contribution >= 4 is 63.4 Å². The fraction of sp³-hybridized carbons (Fsp3) is 0.382. The number of carbonyl (C=O) groups excluding carboxylic acids is 4. The molecule has 1 aromatic heterocycles. The van der Waals surface area contributed by atoms with Crippen LogP contribution in [0.15, 0.2) is 64.5 Å². The largest absolute Gasteiger partial charge is 0.459 e. The first-order chi connectivity index (χ1) is 25.2. The smallest absolute Gasteiger partial charge is 0.356 e. The van der Waals surface area contributed by atoms with E-state index in [-0.39, 0.29) is 59.6 Å². The monoisotopic (exact) mass is 766 g/mol. The molecule has 17 nitrogen and oxygen atoms in total. The summed E-state index contributed by atoms with van der Waals surface area (Å²) in [5.41, 5.74) is 1.23. The zero-order chi connectivity index (χ0) is 38.1. The molecule has 3 aliphatic rings. The van der Waals surface area contributed by atoms with Crippen LogP contribution in [-0.4, -0.2) is 97.6 Å². The van der Waals surface area contributed by atoms with Crippen molar-refractivity contribution in [2.45, 2.75) is 44.5 Å². The molecule has 0 unspecified atom stereocenters. The average molecular weight is 767 g/mol. The first-order valence-corrected chi connectivity index (χ1v) is 18.2. The summed E-state index contributed by atoms with van der Waals surface area (Å²) in [7, 11) is 1.45. The fourth-order valence-electron chi connectivity index (χ4n) is 6.34. The molecule has 2 fully saturated rings. The number of benzene rings is 2. The molecule has 19 heteroatoms. The lowest BCUT2D eigenvalue weighted by atomic mass is 9.79. The summed E-state index contributed by atoms with van der Waals surface area (Å²) in [6.07, 6.45) is -0.902. The predicted molar refractivity (Wildman–Crippen MR) is 190 cm³/mol. The normalized spacial score (nSPS) is 19.9. The molecule has 2 saturated heterocycles. The number of non-ortho nitro benzene ring substituents is 2. The number of aromatic nitrogens is 1. The van der Waals surface area contributed by atoms with Crippen molar-refractivity contribution in [3.8, 4) is 0 Å². The van der Waals surface area contributed by atoms with Crippen LogP contribution in [0.2, 0.25) is 0 Å². The molecule has 3 aromatic rings.